The Morgan fingerprint density at radius 3 is 2.62 bits per heavy atom. The Labute approximate surface area is 120 Å². The number of nitrogens with one attached hydrogen (secondary N) is 1. The molecule has 0 heterocycles. The van der Waals surface area contributed by atoms with Gasteiger partial charge >= 0.3 is 5.69 Å². The van der Waals surface area contributed by atoms with Gasteiger partial charge in [-0.15, -0.1) is 0 Å². The van der Waals surface area contributed by atoms with E-state index < -0.39 is 43.8 Å². The van der Waals surface area contributed by atoms with Gasteiger partial charge in [0.2, 0.25) is 21.7 Å². The number of sulfonamides is 1. The maximum atomic E-state index is 13.5. The molecule has 0 saturated carbocycles. The van der Waals surface area contributed by atoms with E-state index >= 15 is 0 Å². The molecule has 0 aliphatic heterocycles. The fourth-order valence-electron chi connectivity index (χ4n) is 1.59. The van der Waals surface area contributed by atoms with E-state index in [1.807, 2.05) is 0 Å². The maximum absolute atomic E-state index is 13.5. The van der Waals surface area contributed by atoms with Crippen molar-refractivity contribution in [3.63, 3.8) is 0 Å². The van der Waals surface area contributed by atoms with Crippen molar-refractivity contribution in [3.8, 4) is 0 Å². The Hall–Kier alpha value is -2.07. The van der Waals surface area contributed by atoms with Crippen LogP contribution >= 0.6 is 0 Å². The average molecular weight is 319 g/mol. The summed E-state index contributed by atoms with van der Waals surface area (Å²) < 4.78 is 38.5. The second kappa shape index (κ2) is 6.59. The van der Waals surface area contributed by atoms with Crippen molar-refractivity contribution in [2.45, 2.75) is 11.8 Å². The molecule has 0 radical (unpaired) electrons. The van der Waals surface area contributed by atoms with E-state index in [1.54, 1.807) is 6.92 Å². The lowest BCUT2D eigenvalue weighted by Gasteiger charge is -2.16. The lowest BCUT2D eigenvalue weighted by molar-refractivity contribution is -0.390. The molecule has 0 aromatic heterocycles. The summed E-state index contributed by atoms with van der Waals surface area (Å²) in [6.07, 6.45) is 0. The largest absolute Gasteiger partial charge is 0.355 e. The number of nitro benzene ring substituents is 1. The number of rotatable bonds is 6. The molecule has 0 spiro atoms. The molecule has 1 N–H and O–H groups in total. The number of hydrogen-bond donors (Lipinski definition) is 1. The predicted molar refractivity (Wildman–Crippen MR) is 71.6 cm³/mol. The molecule has 10 heteroatoms. The van der Waals surface area contributed by atoms with Crippen molar-refractivity contribution in [1.82, 2.24) is 9.62 Å². The number of likely N-dealkylation sites (N-methyl/N-ethyl adjacent to an activating group) is 2. The Balaban J connectivity index is 3.23. The lowest BCUT2D eigenvalue weighted by Crippen LogP contribution is -2.38. The van der Waals surface area contributed by atoms with Gasteiger partial charge in [0.05, 0.1) is 11.5 Å². The highest BCUT2D eigenvalue weighted by Crippen LogP contribution is 2.28. The third kappa shape index (κ3) is 3.73. The molecule has 21 heavy (non-hydrogen) atoms. The van der Waals surface area contributed by atoms with Crippen LogP contribution in [0.15, 0.2) is 23.1 Å². The molecule has 0 atom stereocenters. The van der Waals surface area contributed by atoms with Crippen LogP contribution < -0.4 is 5.32 Å². The number of benzene rings is 1. The first-order valence-corrected chi connectivity index (χ1v) is 7.31. The van der Waals surface area contributed by atoms with Crippen LogP contribution in [0, 0.1) is 15.9 Å². The second-order valence-electron chi connectivity index (χ2n) is 4.06. The fourth-order valence-corrected chi connectivity index (χ4v) is 2.88. The Morgan fingerprint density at radius 2 is 2.10 bits per heavy atom. The zero-order valence-corrected chi connectivity index (χ0v) is 12.2. The minimum atomic E-state index is -4.36. The highest BCUT2D eigenvalue weighted by atomic mass is 32.2. The molecule has 1 rings (SSSR count). The third-order valence-electron chi connectivity index (χ3n) is 2.56. The molecule has 1 aromatic rings. The van der Waals surface area contributed by atoms with E-state index in [9.17, 15) is 27.7 Å². The molecule has 1 aromatic carbocycles. The summed E-state index contributed by atoms with van der Waals surface area (Å²) >= 11 is 0. The van der Waals surface area contributed by atoms with Gasteiger partial charge in [0, 0.05) is 13.6 Å². The fraction of sp³-hybridized carbons (Fsp3) is 0.364. The van der Waals surface area contributed by atoms with Crippen molar-refractivity contribution in [1.29, 1.82) is 0 Å². The van der Waals surface area contributed by atoms with Gasteiger partial charge in [0.15, 0.2) is 4.90 Å². The van der Waals surface area contributed by atoms with E-state index in [0.29, 0.717) is 10.8 Å². The summed E-state index contributed by atoms with van der Waals surface area (Å²) in [7, 11) is -3.28. The predicted octanol–water partition coefficient (Wildman–Crippen LogP) is 0.491. The molecule has 1 amide bonds. The zero-order chi connectivity index (χ0) is 16.2. The number of nitro groups is 1. The average Bonchev–Trinajstić information content (AvgIpc) is 2.37. The van der Waals surface area contributed by atoms with Gasteiger partial charge < -0.3 is 5.32 Å². The van der Waals surface area contributed by atoms with Gasteiger partial charge in [0.25, 0.3) is 0 Å². The van der Waals surface area contributed by atoms with Crippen molar-refractivity contribution < 1.29 is 22.5 Å². The van der Waals surface area contributed by atoms with Gasteiger partial charge in [0.1, 0.15) is 0 Å². The monoisotopic (exact) mass is 319 g/mol. The highest BCUT2D eigenvalue weighted by molar-refractivity contribution is 7.89. The Morgan fingerprint density at radius 1 is 1.48 bits per heavy atom. The summed E-state index contributed by atoms with van der Waals surface area (Å²) in [5, 5.41) is 13.2. The summed E-state index contributed by atoms with van der Waals surface area (Å²) in [5.41, 5.74) is -1.14. The van der Waals surface area contributed by atoms with Crippen molar-refractivity contribution in [3.05, 3.63) is 34.1 Å². The molecular weight excluding hydrogens is 305 g/mol. The summed E-state index contributed by atoms with van der Waals surface area (Å²) in [5.74, 6) is -1.82. The number of halogens is 1. The van der Waals surface area contributed by atoms with Crippen LogP contribution in [0.1, 0.15) is 6.92 Å². The second-order valence-corrected chi connectivity index (χ2v) is 6.07. The first kappa shape index (κ1) is 17.0. The normalized spacial score (nSPS) is 11.4. The van der Waals surface area contributed by atoms with Gasteiger partial charge in [-0.2, -0.15) is 8.70 Å². The van der Waals surface area contributed by atoms with E-state index in [-0.39, 0.29) is 0 Å². The molecule has 116 valence electrons. The standard InChI is InChI=1S/C11H14FN3O5S/c1-3-13-10(16)7-14(2)21(19,20)9-6-4-5-8(12)11(9)15(17)18/h4-6H,3,7H2,1-2H3,(H,13,16). The summed E-state index contributed by atoms with van der Waals surface area (Å²) in [4.78, 5) is 20.3. The Kier molecular flexibility index (Phi) is 5.33. The smallest absolute Gasteiger partial charge is 0.324 e. The van der Waals surface area contributed by atoms with Crippen LogP contribution in [-0.4, -0.2) is 43.7 Å². The first-order chi connectivity index (χ1) is 9.71. The molecular formula is C11H14FN3O5S. The van der Waals surface area contributed by atoms with Crippen LogP contribution in [0.2, 0.25) is 0 Å². The van der Waals surface area contributed by atoms with Crippen LogP contribution in [0.3, 0.4) is 0 Å². The number of para-hydroxylation sites is 1. The number of carbonyl (C=O) groups excluding carboxylic acids is 1. The van der Waals surface area contributed by atoms with E-state index in [4.69, 9.17) is 0 Å². The minimum Gasteiger partial charge on any atom is -0.355 e. The molecule has 0 aliphatic carbocycles. The highest BCUT2D eigenvalue weighted by Gasteiger charge is 2.33. The number of nitrogens with zero attached hydrogens (tertiary/aromatic N) is 2. The number of carbonyl (C=O) groups is 1. The van der Waals surface area contributed by atoms with Crippen LogP contribution in [0.5, 0.6) is 0 Å². The summed E-state index contributed by atoms with van der Waals surface area (Å²) in [6, 6.07) is 2.76. The molecule has 0 fully saturated rings. The minimum absolute atomic E-state index is 0.312. The quantitative estimate of drug-likeness (QED) is 0.606. The van der Waals surface area contributed by atoms with Crippen molar-refractivity contribution in [2.75, 3.05) is 20.1 Å². The van der Waals surface area contributed by atoms with E-state index in [0.717, 1.165) is 25.2 Å². The molecule has 0 saturated heterocycles. The lowest BCUT2D eigenvalue weighted by atomic mass is 10.3. The third-order valence-corrected chi connectivity index (χ3v) is 4.40. The van der Waals surface area contributed by atoms with Gasteiger partial charge in [-0.1, -0.05) is 6.07 Å². The zero-order valence-electron chi connectivity index (χ0n) is 11.4. The molecule has 0 unspecified atom stereocenters. The Bertz CT molecular complexity index is 662. The van der Waals surface area contributed by atoms with Gasteiger partial charge in [-0.3, -0.25) is 14.9 Å². The SMILES string of the molecule is CCNC(=O)CN(C)S(=O)(=O)c1cccc(F)c1[N+](=O)[O-]. The molecule has 0 aliphatic rings. The number of amides is 1. The van der Waals surface area contributed by atoms with Crippen LogP contribution in [0.25, 0.3) is 0 Å². The van der Waals surface area contributed by atoms with E-state index in [1.165, 1.54) is 0 Å². The topological polar surface area (TPSA) is 110 Å². The maximum Gasteiger partial charge on any atom is 0.324 e. The van der Waals surface area contributed by atoms with Gasteiger partial charge in [-0.25, -0.2) is 8.42 Å². The molecule has 0 bridgehead atoms. The summed E-state index contributed by atoms with van der Waals surface area (Å²) in [6.45, 7) is 1.44. The van der Waals surface area contributed by atoms with Crippen molar-refractivity contribution in [2.24, 2.45) is 0 Å². The number of hydrogen-bond acceptors (Lipinski definition) is 5. The van der Waals surface area contributed by atoms with Crippen molar-refractivity contribution >= 4 is 21.6 Å². The van der Waals surface area contributed by atoms with Crippen LogP contribution in [-0.2, 0) is 14.8 Å². The van der Waals surface area contributed by atoms with Gasteiger partial charge in [-0.05, 0) is 19.1 Å². The van der Waals surface area contributed by atoms with Crippen LogP contribution in [0.4, 0.5) is 10.1 Å². The first-order valence-electron chi connectivity index (χ1n) is 5.87. The van der Waals surface area contributed by atoms with E-state index in [2.05, 4.69) is 5.32 Å². The molecule has 8 nitrogen and oxygen atoms in total.